The van der Waals surface area contributed by atoms with Crippen molar-refractivity contribution in [3.8, 4) is 0 Å². The van der Waals surface area contributed by atoms with Crippen LogP contribution in [0.15, 0.2) is 30.6 Å². The van der Waals surface area contributed by atoms with Crippen LogP contribution in [-0.2, 0) is 9.47 Å². The van der Waals surface area contributed by atoms with Crippen LogP contribution in [0.3, 0.4) is 0 Å². The number of anilines is 1. The molecule has 0 bridgehead atoms. The summed E-state index contributed by atoms with van der Waals surface area (Å²) >= 11 is 0. The third kappa shape index (κ3) is 3.88. The van der Waals surface area contributed by atoms with Gasteiger partial charge in [-0.2, -0.15) is 4.39 Å². The van der Waals surface area contributed by atoms with E-state index in [1.807, 2.05) is 6.07 Å². The van der Waals surface area contributed by atoms with E-state index in [0.717, 1.165) is 25.0 Å². The van der Waals surface area contributed by atoms with Crippen molar-refractivity contribution in [2.45, 2.75) is 6.04 Å². The summed E-state index contributed by atoms with van der Waals surface area (Å²) in [5.74, 6) is 0.346. The maximum Gasteiger partial charge on any atom is 0.254 e. The van der Waals surface area contributed by atoms with Crippen molar-refractivity contribution in [3.05, 3.63) is 47.9 Å². The summed E-state index contributed by atoms with van der Waals surface area (Å²) < 4.78 is 24.4. The van der Waals surface area contributed by atoms with Gasteiger partial charge in [0.25, 0.3) is 5.91 Å². The van der Waals surface area contributed by atoms with E-state index in [-0.39, 0.29) is 11.5 Å². The van der Waals surface area contributed by atoms with Gasteiger partial charge in [0.1, 0.15) is 11.9 Å². The SMILES string of the molecule is O=C(c1ccnc(F)c1)N1CCOC[C@H]1c1nccc(N2CCOCC2)n1. The Morgan fingerprint density at radius 3 is 2.67 bits per heavy atom. The third-order valence-corrected chi connectivity index (χ3v) is 4.66. The van der Waals surface area contributed by atoms with Crippen LogP contribution in [0.1, 0.15) is 22.2 Å². The molecular formula is C18H20FN5O3. The zero-order valence-corrected chi connectivity index (χ0v) is 14.8. The molecule has 2 aromatic heterocycles. The fraction of sp³-hybridized carbons (Fsp3) is 0.444. The first-order valence-corrected chi connectivity index (χ1v) is 8.88. The minimum absolute atomic E-state index is 0.249. The molecule has 1 amide bonds. The number of rotatable bonds is 3. The number of ether oxygens (including phenoxy) is 2. The van der Waals surface area contributed by atoms with Gasteiger partial charge in [-0.1, -0.05) is 0 Å². The molecule has 0 N–H and O–H groups in total. The van der Waals surface area contributed by atoms with Crippen molar-refractivity contribution in [2.24, 2.45) is 0 Å². The minimum Gasteiger partial charge on any atom is -0.378 e. The van der Waals surface area contributed by atoms with Gasteiger partial charge in [0.2, 0.25) is 5.95 Å². The summed E-state index contributed by atoms with van der Waals surface area (Å²) in [5.41, 5.74) is 0.249. The summed E-state index contributed by atoms with van der Waals surface area (Å²) in [4.78, 5) is 29.2. The largest absolute Gasteiger partial charge is 0.378 e. The summed E-state index contributed by atoms with van der Waals surface area (Å²) in [6.45, 7) is 3.94. The van der Waals surface area contributed by atoms with E-state index in [1.54, 1.807) is 11.1 Å². The normalized spacial score (nSPS) is 20.6. The van der Waals surface area contributed by atoms with Gasteiger partial charge in [0.05, 0.1) is 26.4 Å². The highest BCUT2D eigenvalue weighted by Crippen LogP contribution is 2.25. The first-order valence-electron chi connectivity index (χ1n) is 8.88. The number of aromatic nitrogens is 3. The van der Waals surface area contributed by atoms with Crippen LogP contribution in [0.25, 0.3) is 0 Å². The molecule has 4 rings (SSSR count). The Bertz CT molecular complexity index is 815. The zero-order chi connectivity index (χ0) is 18.6. The lowest BCUT2D eigenvalue weighted by Crippen LogP contribution is -2.44. The van der Waals surface area contributed by atoms with E-state index < -0.39 is 12.0 Å². The number of pyridine rings is 1. The Labute approximate surface area is 155 Å². The molecule has 0 radical (unpaired) electrons. The molecule has 0 saturated carbocycles. The van der Waals surface area contributed by atoms with Crippen LogP contribution in [0.4, 0.5) is 10.2 Å². The van der Waals surface area contributed by atoms with Crippen LogP contribution in [0, 0.1) is 5.95 Å². The van der Waals surface area contributed by atoms with E-state index in [9.17, 15) is 9.18 Å². The molecule has 4 heterocycles. The second-order valence-corrected chi connectivity index (χ2v) is 6.33. The minimum atomic E-state index is -0.684. The number of halogens is 1. The Morgan fingerprint density at radius 1 is 1.07 bits per heavy atom. The lowest BCUT2D eigenvalue weighted by molar-refractivity contribution is -0.00524. The molecule has 142 valence electrons. The first kappa shape index (κ1) is 17.7. The Morgan fingerprint density at radius 2 is 1.85 bits per heavy atom. The Kier molecular flexibility index (Phi) is 5.21. The van der Waals surface area contributed by atoms with E-state index in [0.29, 0.717) is 38.8 Å². The van der Waals surface area contributed by atoms with E-state index in [1.165, 1.54) is 12.3 Å². The molecule has 2 aliphatic heterocycles. The fourth-order valence-electron chi connectivity index (χ4n) is 3.25. The molecule has 0 unspecified atom stereocenters. The molecule has 2 aromatic rings. The van der Waals surface area contributed by atoms with Crippen molar-refractivity contribution in [1.29, 1.82) is 0 Å². The topological polar surface area (TPSA) is 80.7 Å². The highest BCUT2D eigenvalue weighted by Gasteiger charge is 2.32. The van der Waals surface area contributed by atoms with Crippen LogP contribution < -0.4 is 4.90 Å². The molecule has 1 atom stereocenters. The Hall–Kier alpha value is -2.65. The van der Waals surface area contributed by atoms with Gasteiger partial charge in [-0.3, -0.25) is 4.79 Å². The number of carbonyl (C=O) groups excluding carboxylic acids is 1. The average Bonchev–Trinajstić information content (AvgIpc) is 2.74. The summed E-state index contributed by atoms with van der Waals surface area (Å²) in [6, 6.07) is 4.06. The zero-order valence-electron chi connectivity index (χ0n) is 14.8. The summed E-state index contributed by atoms with van der Waals surface area (Å²) in [7, 11) is 0. The number of hydrogen-bond acceptors (Lipinski definition) is 7. The predicted molar refractivity (Wildman–Crippen MR) is 93.9 cm³/mol. The quantitative estimate of drug-likeness (QED) is 0.744. The molecule has 9 heteroatoms. The maximum absolute atomic E-state index is 13.4. The van der Waals surface area contributed by atoms with Crippen LogP contribution in [0.2, 0.25) is 0 Å². The maximum atomic E-state index is 13.4. The van der Waals surface area contributed by atoms with Crippen molar-refractivity contribution < 1.29 is 18.7 Å². The van der Waals surface area contributed by atoms with Crippen LogP contribution >= 0.6 is 0 Å². The van der Waals surface area contributed by atoms with Crippen molar-refractivity contribution in [1.82, 2.24) is 19.9 Å². The van der Waals surface area contributed by atoms with Gasteiger partial charge in [0, 0.05) is 43.7 Å². The predicted octanol–water partition coefficient (Wildman–Crippen LogP) is 1.06. The number of morpholine rings is 2. The van der Waals surface area contributed by atoms with Crippen molar-refractivity contribution in [2.75, 3.05) is 51.0 Å². The monoisotopic (exact) mass is 373 g/mol. The standard InChI is InChI=1S/C18H20FN5O3/c19-15-11-13(1-3-20-15)18(25)24-7-10-27-12-14(24)17-21-4-2-16(22-17)23-5-8-26-9-6-23/h1-4,11,14H,5-10,12H2/t14-/m0/s1. The van der Waals surface area contributed by atoms with Crippen molar-refractivity contribution >= 4 is 11.7 Å². The highest BCUT2D eigenvalue weighted by atomic mass is 19.1. The van der Waals surface area contributed by atoms with Crippen molar-refractivity contribution in [3.63, 3.8) is 0 Å². The number of carbonyl (C=O) groups is 1. The third-order valence-electron chi connectivity index (χ3n) is 4.66. The fourth-order valence-corrected chi connectivity index (χ4v) is 3.25. The average molecular weight is 373 g/mol. The lowest BCUT2D eigenvalue weighted by Gasteiger charge is -2.35. The first-order chi connectivity index (χ1) is 13.2. The van der Waals surface area contributed by atoms with E-state index in [4.69, 9.17) is 9.47 Å². The van der Waals surface area contributed by atoms with Gasteiger partial charge in [0.15, 0.2) is 5.82 Å². The molecule has 27 heavy (non-hydrogen) atoms. The van der Waals surface area contributed by atoms with Gasteiger partial charge in [-0.25, -0.2) is 15.0 Å². The number of amides is 1. The number of hydrogen-bond donors (Lipinski definition) is 0. The highest BCUT2D eigenvalue weighted by molar-refractivity contribution is 5.94. The van der Waals surface area contributed by atoms with Gasteiger partial charge in [-0.05, 0) is 12.1 Å². The second kappa shape index (κ2) is 7.93. The molecule has 8 nitrogen and oxygen atoms in total. The van der Waals surface area contributed by atoms with Gasteiger partial charge < -0.3 is 19.3 Å². The molecule has 0 spiro atoms. The molecule has 0 aliphatic carbocycles. The van der Waals surface area contributed by atoms with Gasteiger partial charge >= 0.3 is 0 Å². The summed E-state index contributed by atoms with van der Waals surface area (Å²) in [6.07, 6.45) is 2.98. The molecular weight excluding hydrogens is 353 g/mol. The van der Waals surface area contributed by atoms with Crippen LogP contribution in [0.5, 0.6) is 0 Å². The summed E-state index contributed by atoms with van der Waals surface area (Å²) in [5, 5.41) is 0. The molecule has 2 aliphatic rings. The van der Waals surface area contributed by atoms with E-state index in [2.05, 4.69) is 19.9 Å². The molecule has 2 fully saturated rings. The number of nitrogens with zero attached hydrogens (tertiary/aromatic N) is 5. The molecule has 2 saturated heterocycles. The van der Waals surface area contributed by atoms with Gasteiger partial charge in [-0.15, -0.1) is 0 Å². The Balaban J connectivity index is 1.60. The van der Waals surface area contributed by atoms with Crippen LogP contribution in [-0.4, -0.2) is 71.8 Å². The smallest absolute Gasteiger partial charge is 0.254 e. The second-order valence-electron chi connectivity index (χ2n) is 6.33. The lowest BCUT2D eigenvalue weighted by atomic mass is 10.1. The van der Waals surface area contributed by atoms with E-state index >= 15 is 0 Å². The molecule has 0 aromatic carbocycles.